The van der Waals surface area contributed by atoms with Crippen molar-refractivity contribution in [1.82, 2.24) is 15.1 Å². The summed E-state index contributed by atoms with van der Waals surface area (Å²) in [5, 5.41) is 3.24. The van der Waals surface area contributed by atoms with Crippen molar-refractivity contribution in [2.45, 2.75) is 31.7 Å². The molecule has 1 saturated heterocycles. The van der Waals surface area contributed by atoms with Crippen LogP contribution in [-0.4, -0.2) is 62.0 Å². The number of hydrogen-bond donors (Lipinski definition) is 1. The van der Waals surface area contributed by atoms with Crippen molar-refractivity contribution < 1.29 is 4.79 Å². The maximum atomic E-state index is 12.0. The van der Waals surface area contributed by atoms with E-state index in [9.17, 15) is 4.79 Å². The van der Waals surface area contributed by atoms with Crippen LogP contribution in [0.5, 0.6) is 0 Å². The van der Waals surface area contributed by atoms with Crippen molar-refractivity contribution in [1.29, 1.82) is 0 Å². The number of likely N-dealkylation sites (tertiary alicyclic amines) is 1. The Morgan fingerprint density at radius 3 is 2.39 bits per heavy atom. The van der Waals surface area contributed by atoms with Crippen LogP contribution < -0.4 is 5.32 Å². The molecule has 2 fully saturated rings. The first-order chi connectivity index (χ1) is 8.20. The van der Waals surface area contributed by atoms with Crippen molar-refractivity contribution in [2.75, 3.05) is 40.3 Å². The van der Waals surface area contributed by atoms with Crippen LogP contribution in [0.25, 0.3) is 0 Å². The van der Waals surface area contributed by atoms with Crippen molar-refractivity contribution in [2.24, 2.45) is 5.92 Å². The van der Waals surface area contributed by atoms with Crippen LogP contribution in [0.15, 0.2) is 0 Å². The van der Waals surface area contributed by atoms with Gasteiger partial charge in [0.2, 0.25) is 5.91 Å². The molecule has 1 saturated carbocycles. The molecule has 0 aromatic rings. The van der Waals surface area contributed by atoms with Gasteiger partial charge in [0.15, 0.2) is 0 Å². The molecule has 106 valence electrons. The zero-order chi connectivity index (χ0) is 12.3. The molecule has 4 nitrogen and oxygen atoms in total. The summed E-state index contributed by atoms with van der Waals surface area (Å²) in [6.45, 7) is 3.90. The predicted molar refractivity (Wildman–Crippen MR) is 76.1 cm³/mol. The van der Waals surface area contributed by atoms with Gasteiger partial charge < -0.3 is 10.2 Å². The second kappa shape index (κ2) is 7.31. The highest BCUT2D eigenvalue weighted by molar-refractivity contribution is 5.85. The summed E-state index contributed by atoms with van der Waals surface area (Å²) in [7, 11) is 3.97. The molecule has 0 spiro atoms. The number of carbonyl (C=O) groups excluding carboxylic acids is 1. The summed E-state index contributed by atoms with van der Waals surface area (Å²) in [4.78, 5) is 16.2. The molecule has 5 heteroatoms. The fourth-order valence-electron chi connectivity index (χ4n) is 2.61. The van der Waals surface area contributed by atoms with Gasteiger partial charge >= 0.3 is 0 Å². The number of likely N-dealkylation sites (N-methyl/N-ethyl adjacent to an activating group) is 1. The van der Waals surface area contributed by atoms with Crippen LogP contribution in [0.3, 0.4) is 0 Å². The van der Waals surface area contributed by atoms with E-state index in [2.05, 4.69) is 10.2 Å². The summed E-state index contributed by atoms with van der Waals surface area (Å²) in [6, 6.07) is 0.546. The molecular weight excluding hydrogens is 250 g/mol. The van der Waals surface area contributed by atoms with Crippen molar-refractivity contribution in [3.63, 3.8) is 0 Å². The Kier molecular flexibility index (Phi) is 6.39. The lowest BCUT2D eigenvalue weighted by atomic mass is 9.97. The topological polar surface area (TPSA) is 35.6 Å². The Balaban J connectivity index is 0.00000162. The summed E-state index contributed by atoms with van der Waals surface area (Å²) in [6.07, 6.45) is 4.85. The highest BCUT2D eigenvalue weighted by Crippen LogP contribution is 2.25. The summed E-state index contributed by atoms with van der Waals surface area (Å²) in [5.41, 5.74) is 0. The Bertz CT molecular complexity index is 263. The molecule has 2 aliphatic rings. The monoisotopic (exact) mass is 275 g/mol. The fraction of sp³-hybridized carbons (Fsp3) is 0.923. The number of hydrogen-bond acceptors (Lipinski definition) is 3. The molecule has 1 amide bonds. The summed E-state index contributed by atoms with van der Waals surface area (Å²) < 4.78 is 0. The highest BCUT2D eigenvalue weighted by atomic mass is 35.5. The molecule has 1 heterocycles. The molecule has 2 rings (SSSR count). The average molecular weight is 276 g/mol. The van der Waals surface area contributed by atoms with Gasteiger partial charge in [-0.3, -0.25) is 9.69 Å². The smallest absolute Gasteiger partial charge is 0.236 e. The first kappa shape index (κ1) is 15.7. The molecular formula is C13H26ClN3O. The van der Waals surface area contributed by atoms with Gasteiger partial charge in [0.1, 0.15) is 0 Å². The van der Waals surface area contributed by atoms with Crippen molar-refractivity contribution >= 4 is 18.3 Å². The maximum Gasteiger partial charge on any atom is 0.236 e. The molecule has 1 aliphatic heterocycles. The second-order valence-electron chi connectivity index (χ2n) is 5.51. The van der Waals surface area contributed by atoms with E-state index in [4.69, 9.17) is 0 Å². The maximum absolute atomic E-state index is 12.0. The van der Waals surface area contributed by atoms with Crippen LogP contribution >= 0.6 is 12.4 Å². The summed E-state index contributed by atoms with van der Waals surface area (Å²) in [5.74, 6) is 1.10. The minimum absolute atomic E-state index is 0. The second-order valence-corrected chi connectivity index (χ2v) is 5.51. The largest absolute Gasteiger partial charge is 0.342 e. The van der Waals surface area contributed by atoms with E-state index in [1.54, 1.807) is 0 Å². The zero-order valence-corrected chi connectivity index (χ0v) is 12.3. The van der Waals surface area contributed by atoms with Crippen molar-refractivity contribution in [3.8, 4) is 0 Å². The number of carbonyl (C=O) groups is 1. The molecule has 0 bridgehead atoms. The quantitative estimate of drug-likeness (QED) is 0.812. The normalized spacial score (nSPS) is 21.4. The Hall–Kier alpha value is -0.320. The van der Waals surface area contributed by atoms with Gasteiger partial charge in [-0.25, -0.2) is 0 Å². The lowest BCUT2D eigenvalue weighted by molar-refractivity contribution is -0.131. The first-order valence-electron chi connectivity index (χ1n) is 6.83. The molecule has 18 heavy (non-hydrogen) atoms. The molecule has 0 atom stereocenters. The minimum atomic E-state index is 0. The third-order valence-electron chi connectivity index (χ3n) is 4.05. The molecule has 1 aliphatic carbocycles. The Morgan fingerprint density at radius 1 is 1.28 bits per heavy atom. The number of nitrogens with one attached hydrogen (secondary N) is 1. The van der Waals surface area contributed by atoms with E-state index in [1.807, 2.05) is 19.0 Å². The number of piperidine rings is 1. The van der Waals surface area contributed by atoms with Gasteiger partial charge in [0.25, 0.3) is 0 Å². The molecule has 0 radical (unpaired) electrons. The molecule has 1 N–H and O–H groups in total. The first-order valence-corrected chi connectivity index (χ1v) is 6.83. The Morgan fingerprint density at radius 2 is 1.89 bits per heavy atom. The number of halogens is 1. The third-order valence-corrected chi connectivity index (χ3v) is 4.05. The number of rotatable bonds is 5. The van der Waals surface area contributed by atoms with E-state index in [0.717, 1.165) is 25.6 Å². The average Bonchev–Trinajstić information content (AvgIpc) is 3.15. The van der Waals surface area contributed by atoms with Crippen molar-refractivity contribution in [3.05, 3.63) is 0 Å². The predicted octanol–water partition coefficient (Wildman–Crippen LogP) is 0.960. The molecule has 0 aromatic heterocycles. The van der Waals surface area contributed by atoms with Crippen LogP contribution in [-0.2, 0) is 4.79 Å². The van der Waals surface area contributed by atoms with E-state index >= 15 is 0 Å². The SMILES string of the molecule is CNCC1CCN(CC(=O)N(C)C2CC2)CC1.Cl. The fourth-order valence-corrected chi connectivity index (χ4v) is 2.61. The zero-order valence-electron chi connectivity index (χ0n) is 11.5. The lowest BCUT2D eigenvalue weighted by Crippen LogP contribution is -2.43. The van der Waals surface area contributed by atoms with E-state index in [0.29, 0.717) is 18.5 Å². The van der Waals surface area contributed by atoms with E-state index in [1.165, 1.54) is 25.7 Å². The van der Waals surface area contributed by atoms with Gasteiger partial charge in [0, 0.05) is 13.1 Å². The van der Waals surface area contributed by atoms with Crippen LogP contribution in [0, 0.1) is 5.92 Å². The van der Waals surface area contributed by atoms with Gasteiger partial charge in [-0.15, -0.1) is 12.4 Å². The number of amides is 1. The lowest BCUT2D eigenvalue weighted by Gasteiger charge is -2.32. The number of nitrogens with zero attached hydrogens (tertiary/aromatic N) is 2. The van der Waals surface area contributed by atoms with Crippen LogP contribution in [0.4, 0.5) is 0 Å². The van der Waals surface area contributed by atoms with Gasteiger partial charge in [-0.1, -0.05) is 0 Å². The molecule has 0 unspecified atom stereocenters. The van der Waals surface area contributed by atoms with E-state index in [-0.39, 0.29) is 12.4 Å². The van der Waals surface area contributed by atoms with E-state index < -0.39 is 0 Å². The van der Waals surface area contributed by atoms with Gasteiger partial charge in [-0.05, 0) is 58.3 Å². The third kappa shape index (κ3) is 4.41. The van der Waals surface area contributed by atoms with Crippen LogP contribution in [0.1, 0.15) is 25.7 Å². The van der Waals surface area contributed by atoms with Gasteiger partial charge in [-0.2, -0.15) is 0 Å². The van der Waals surface area contributed by atoms with Crippen LogP contribution in [0.2, 0.25) is 0 Å². The van der Waals surface area contributed by atoms with Gasteiger partial charge in [0.05, 0.1) is 6.54 Å². The standard InChI is InChI=1S/C13H25N3O.ClH/c1-14-9-11-5-7-16(8-6-11)10-13(17)15(2)12-3-4-12;/h11-12,14H,3-10H2,1-2H3;1H. The molecule has 0 aromatic carbocycles. The minimum Gasteiger partial charge on any atom is -0.342 e. The Labute approximate surface area is 116 Å². The highest BCUT2D eigenvalue weighted by Gasteiger charge is 2.30. The summed E-state index contributed by atoms with van der Waals surface area (Å²) >= 11 is 0.